The minimum absolute atomic E-state index is 0.105. The molecule has 0 aliphatic carbocycles. The number of aliphatic hydroxyl groups excluding tert-OH is 1. The summed E-state index contributed by atoms with van der Waals surface area (Å²) < 4.78 is 0. The first-order valence-electron chi connectivity index (χ1n) is 11.2. The summed E-state index contributed by atoms with van der Waals surface area (Å²) in [5, 5.41) is 15.3. The van der Waals surface area contributed by atoms with Crippen LogP contribution < -0.4 is 10.6 Å². The number of benzene rings is 2. The van der Waals surface area contributed by atoms with Gasteiger partial charge in [0.2, 0.25) is 0 Å². The molecule has 1 aliphatic rings. The number of carbonyl (C=O) groups excluding carboxylic acids is 2. The molecule has 1 saturated heterocycles. The number of likely N-dealkylation sites (tertiary alicyclic amines) is 1. The summed E-state index contributed by atoms with van der Waals surface area (Å²) in [4.78, 5) is 27.7. The van der Waals surface area contributed by atoms with E-state index < -0.39 is 5.54 Å². The second kappa shape index (κ2) is 9.84. The van der Waals surface area contributed by atoms with Gasteiger partial charge >= 0.3 is 0 Å². The molecule has 32 heavy (non-hydrogen) atoms. The highest BCUT2D eigenvalue weighted by molar-refractivity contribution is 5.96. The summed E-state index contributed by atoms with van der Waals surface area (Å²) >= 11 is 0. The van der Waals surface area contributed by atoms with Crippen molar-refractivity contribution in [3.05, 3.63) is 59.7 Å². The van der Waals surface area contributed by atoms with Gasteiger partial charge in [0, 0.05) is 23.2 Å². The Bertz CT molecular complexity index is 945. The standard InChI is InChI=1S/C26H34N3O3/c1-25(2,17-29-14-5-6-15-29)27-24(32)22-9-7-8-21(16-22)19-10-12-20(13-11-19)23(31)28-26(3,4)18-30/h7,9-13,16,30H,5-6,14-15,17-18H2,1-4H3,(H,27,32)(H,28,31). The predicted octanol–water partition coefficient (Wildman–Crippen LogP) is 3.26. The van der Waals surface area contributed by atoms with Gasteiger partial charge in [-0.15, -0.1) is 0 Å². The summed E-state index contributed by atoms with van der Waals surface area (Å²) in [7, 11) is 0. The lowest BCUT2D eigenvalue weighted by molar-refractivity contribution is 0.0866. The molecule has 6 nitrogen and oxygen atoms in total. The van der Waals surface area contributed by atoms with E-state index in [1.54, 1.807) is 38.1 Å². The number of aliphatic hydroxyl groups is 1. The molecule has 0 unspecified atom stereocenters. The van der Waals surface area contributed by atoms with E-state index in [0.717, 1.165) is 30.8 Å². The Balaban J connectivity index is 1.68. The third kappa shape index (κ3) is 6.40. The minimum Gasteiger partial charge on any atom is -0.394 e. The lowest BCUT2D eigenvalue weighted by Gasteiger charge is -2.31. The van der Waals surface area contributed by atoms with E-state index in [-0.39, 0.29) is 24.0 Å². The molecule has 0 saturated carbocycles. The smallest absolute Gasteiger partial charge is 0.251 e. The second-order valence-electron chi connectivity index (χ2n) is 9.89. The third-order valence-electron chi connectivity index (χ3n) is 5.64. The van der Waals surface area contributed by atoms with Crippen molar-refractivity contribution in [3.8, 4) is 11.1 Å². The average molecular weight is 437 g/mol. The first-order valence-corrected chi connectivity index (χ1v) is 11.2. The zero-order valence-corrected chi connectivity index (χ0v) is 19.5. The van der Waals surface area contributed by atoms with Crippen LogP contribution in [0.3, 0.4) is 0 Å². The predicted molar refractivity (Wildman–Crippen MR) is 127 cm³/mol. The highest BCUT2D eigenvalue weighted by Gasteiger charge is 2.26. The van der Waals surface area contributed by atoms with Gasteiger partial charge in [-0.25, -0.2) is 0 Å². The number of hydrogen-bond donors (Lipinski definition) is 3. The van der Waals surface area contributed by atoms with Crippen molar-refractivity contribution in [2.45, 2.75) is 51.6 Å². The summed E-state index contributed by atoms with van der Waals surface area (Å²) in [6, 6.07) is 15.7. The van der Waals surface area contributed by atoms with Gasteiger partial charge in [-0.2, -0.15) is 0 Å². The molecule has 3 rings (SSSR count). The van der Waals surface area contributed by atoms with Gasteiger partial charge in [0.1, 0.15) is 0 Å². The van der Waals surface area contributed by atoms with E-state index >= 15 is 0 Å². The van der Waals surface area contributed by atoms with Crippen molar-refractivity contribution in [3.63, 3.8) is 0 Å². The largest absolute Gasteiger partial charge is 0.394 e. The molecule has 2 aromatic carbocycles. The number of hydrogen-bond acceptors (Lipinski definition) is 4. The third-order valence-corrected chi connectivity index (χ3v) is 5.64. The summed E-state index contributed by atoms with van der Waals surface area (Å²) in [6.45, 7) is 10.5. The Morgan fingerprint density at radius 1 is 0.938 bits per heavy atom. The van der Waals surface area contributed by atoms with E-state index in [1.807, 2.05) is 18.2 Å². The van der Waals surface area contributed by atoms with Gasteiger partial charge in [0.05, 0.1) is 12.1 Å². The van der Waals surface area contributed by atoms with Crippen LogP contribution in [0.1, 0.15) is 61.3 Å². The van der Waals surface area contributed by atoms with Crippen molar-refractivity contribution >= 4 is 11.8 Å². The minimum atomic E-state index is -0.687. The number of carbonyl (C=O) groups is 2. The molecule has 1 heterocycles. The Morgan fingerprint density at radius 3 is 2.16 bits per heavy atom. The van der Waals surface area contributed by atoms with Crippen molar-refractivity contribution < 1.29 is 14.7 Å². The topological polar surface area (TPSA) is 81.7 Å². The first kappa shape index (κ1) is 24.0. The summed E-state index contributed by atoms with van der Waals surface area (Å²) in [5.41, 5.74) is 1.74. The normalized spacial score (nSPS) is 14.9. The van der Waals surface area contributed by atoms with Crippen LogP contribution in [-0.2, 0) is 0 Å². The van der Waals surface area contributed by atoms with Crippen LogP contribution in [0.25, 0.3) is 11.1 Å². The van der Waals surface area contributed by atoms with Crippen molar-refractivity contribution in [1.82, 2.24) is 15.5 Å². The van der Waals surface area contributed by atoms with Crippen molar-refractivity contribution in [2.75, 3.05) is 26.2 Å². The number of nitrogens with one attached hydrogen (secondary N) is 2. The Morgan fingerprint density at radius 2 is 1.53 bits per heavy atom. The second-order valence-corrected chi connectivity index (χ2v) is 9.89. The first-order chi connectivity index (χ1) is 15.1. The zero-order valence-electron chi connectivity index (χ0n) is 19.5. The molecule has 1 radical (unpaired) electrons. The molecule has 0 spiro atoms. The van der Waals surface area contributed by atoms with Crippen LogP contribution in [0.15, 0.2) is 42.5 Å². The van der Waals surface area contributed by atoms with Crippen LogP contribution >= 0.6 is 0 Å². The maximum Gasteiger partial charge on any atom is 0.251 e. The van der Waals surface area contributed by atoms with Crippen LogP contribution in [0, 0.1) is 6.07 Å². The molecule has 2 amide bonds. The lowest BCUT2D eigenvalue weighted by Crippen LogP contribution is -2.51. The quantitative estimate of drug-likeness (QED) is 0.593. The van der Waals surface area contributed by atoms with Crippen molar-refractivity contribution in [1.29, 1.82) is 0 Å². The SMILES string of the molecule is CC(C)(CO)NC(=O)c1ccc(-c2[c]ccc(C(=O)NC(C)(C)CN3CCCC3)c2)cc1. The zero-order chi connectivity index (χ0) is 23.4. The summed E-state index contributed by atoms with van der Waals surface area (Å²) in [6.07, 6.45) is 2.45. The van der Waals surface area contributed by atoms with Gasteiger partial charge in [0.15, 0.2) is 0 Å². The fourth-order valence-corrected chi connectivity index (χ4v) is 3.91. The number of rotatable bonds is 8. The molecule has 2 aromatic rings. The fourth-order valence-electron chi connectivity index (χ4n) is 3.91. The van der Waals surface area contributed by atoms with Gasteiger partial charge in [-0.3, -0.25) is 9.59 Å². The Kier molecular flexibility index (Phi) is 7.36. The molecule has 1 aliphatic heterocycles. The van der Waals surface area contributed by atoms with E-state index in [2.05, 4.69) is 35.4 Å². The summed E-state index contributed by atoms with van der Waals surface area (Å²) in [5.74, 6) is -0.348. The monoisotopic (exact) mass is 436 g/mol. The molecular weight excluding hydrogens is 402 g/mol. The van der Waals surface area contributed by atoms with Gasteiger partial charge < -0.3 is 20.6 Å². The maximum absolute atomic E-state index is 12.9. The highest BCUT2D eigenvalue weighted by atomic mass is 16.3. The van der Waals surface area contributed by atoms with Crippen LogP contribution in [0.5, 0.6) is 0 Å². The molecule has 0 atom stereocenters. The number of nitrogens with zero attached hydrogens (tertiary/aromatic N) is 1. The average Bonchev–Trinajstić information content (AvgIpc) is 3.25. The van der Waals surface area contributed by atoms with Gasteiger partial charge in [-0.05, 0) is 95.1 Å². The lowest BCUT2D eigenvalue weighted by atomic mass is 9.99. The molecule has 6 heteroatoms. The van der Waals surface area contributed by atoms with Crippen LogP contribution in [0.4, 0.5) is 0 Å². The maximum atomic E-state index is 12.9. The van der Waals surface area contributed by atoms with Crippen LogP contribution in [-0.4, -0.2) is 59.1 Å². The highest BCUT2D eigenvalue weighted by Crippen LogP contribution is 2.22. The van der Waals surface area contributed by atoms with Crippen LogP contribution in [0.2, 0.25) is 0 Å². The fraction of sp³-hybridized carbons (Fsp3) is 0.462. The van der Waals surface area contributed by atoms with Crippen molar-refractivity contribution in [2.24, 2.45) is 0 Å². The molecule has 0 aromatic heterocycles. The Labute approximate surface area is 191 Å². The van der Waals surface area contributed by atoms with E-state index in [0.29, 0.717) is 11.1 Å². The number of amides is 2. The Hall–Kier alpha value is -2.70. The van der Waals surface area contributed by atoms with E-state index in [1.165, 1.54) is 12.8 Å². The molecule has 0 bridgehead atoms. The van der Waals surface area contributed by atoms with Gasteiger partial charge in [0.25, 0.3) is 11.8 Å². The van der Waals surface area contributed by atoms with E-state index in [9.17, 15) is 14.7 Å². The molecule has 3 N–H and O–H groups in total. The molecule has 1 fully saturated rings. The van der Waals surface area contributed by atoms with Gasteiger partial charge in [-0.1, -0.05) is 18.2 Å². The van der Waals surface area contributed by atoms with E-state index in [4.69, 9.17) is 0 Å². The molecular formula is C26H34N3O3. The molecule has 171 valence electrons.